The van der Waals surface area contributed by atoms with Crippen LogP contribution in [-0.2, 0) is 12.8 Å². The highest BCUT2D eigenvalue weighted by Crippen LogP contribution is 2.39. The number of nitriles is 1. The molecule has 30 heavy (non-hydrogen) atoms. The molecule has 2 aromatic carbocycles. The van der Waals surface area contributed by atoms with E-state index in [4.69, 9.17) is 0 Å². The van der Waals surface area contributed by atoms with Crippen molar-refractivity contribution in [1.29, 1.82) is 5.26 Å². The van der Waals surface area contributed by atoms with Gasteiger partial charge in [-0.2, -0.15) is 5.26 Å². The molecule has 1 N–H and O–H groups in total. The van der Waals surface area contributed by atoms with Crippen molar-refractivity contribution >= 4 is 21.7 Å². The maximum Gasteiger partial charge on any atom is 0.102 e. The second-order valence-corrected chi connectivity index (χ2v) is 9.24. The van der Waals surface area contributed by atoms with Crippen LogP contribution in [0.5, 0.6) is 0 Å². The van der Waals surface area contributed by atoms with E-state index in [1.54, 1.807) is 18.8 Å². The number of nitrogens with one attached hydrogen (secondary N) is 1. The Balaban J connectivity index is 1.84. The molecule has 0 bridgehead atoms. The van der Waals surface area contributed by atoms with E-state index in [0.717, 1.165) is 52.4 Å². The summed E-state index contributed by atoms with van der Waals surface area (Å²) in [7, 11) is 1.81. The highest BCUT2D eigenvalue weighted by atomic mass is 32.2. The Bertz CT molecular complexity index is 998. The molecule has 0 spiro atoms. The van der Waals surface area contributed by atoms with Crippen molar-refractivity contribution in [3.05, 3.63) is 76.4 Å². The topological polar surface area (TPSA) is 48.2 Å². The second-order valence-electron chi connectivity index (χ2n) is 8.16. The van der Waals surface area contributed by atoms with Gasteiger partial charge < -0.3 is 5.32 Å². The molecule has 1 unspecified atom stereocenters. The molecular formula is C26H31N3S. The minimum atomic E-state index is 0.439. The van der Waals surface area contributed by atoms with Crippen molar-refractivity contribution in [2.45, 2.75) is 46.1 Å². The van der Waals surface area contributed by atoms with E-state index >= 15 is 0 Å². The summed E-state index contributed by atoms with van der Waals surface area (Å²) in [5.41, 5.74) is 6.84. The molecule has 0 fully saturated rings. The van der Waals surface area contributed by atoms with E-state index in [-0.39, 0.29) is 0 Å². The van der Waals surface area contributed by atoms with Gasteiger partial charge in [-0.25, -0.2) is 0 Å². The summed E-state index contributed by atoms with van der Waals surface area (Å²) < 4.78 is 0. The van der Waals surface area contributed by atoms with E-state index in [1.807, 2.05) is 6.07 Å². The van der Waals surface area contributed by atoms with Gasteiger partial charge in [0.2, 0.25) is 0 Å². The predicted molar refractivity (Wildman–Crippen MR) is 130 cm³/mol. The van der Waals surface area contributed by atoms with Crippen LogP contribution in [0.1, 0.15) is 66.6 Å². The van der Waals surface area contributed by atoms with Crippen LogP contribution in [0, 0.1) is 17.2 Å². The lowest BCUT2D eigenvalue weighted by molar-refractivity contribution is 0.549. The largest absolute Gasteiger partial charge is 0.310 e. The number of hydrogen-bond acceptors (Lipinski definition) is 4. The third kappa shape index (κ3) is 4.86. The maximum absolute atomic E-state index is 9.62. The lowest BCUT2D eigenvalue weighted by Gasteiger charge is -2.15. The zero-order valence-corrected chi connectivity index (χ0v) is 19.3. The molecule has 2 aromatic rings. The van der Waals surface area contributed by atoms with Crippen LogP contribution < -0.4 is 5.32 Å². The van der Waals surface area contributed by atoms with Crippen molar-refractivity contribution in [3.8, 4) is 6.07 Å². The Morgan fingerprint density at radius 1 is 1.33 bits per heavy atom. The normalized spacial score (nSPS) is 15.9. The van der Waals surface area contributed by atoms with Gasteiger partial charge in [0.1, 0.15) is 5.04 Å². The van der Waals surface area contributed by atoms with E-state index in [9.17, 15) is 5.26 Å². The number of thioether (sulfide) groups is 1. The van der Waals surface area contributed by atoms with E-state index in [0.29, 0.717) is 12.0 Å². The molecule has 0 heterocycles. The van der Waals surface area contributed by atoms with Crippen molar-refractivity contribution in [2.24, 2.45) is 10.9 Å². The van der Waals surface area contributed by atoms with Crippen molar-refractivity contribution in [2.75, 3.05) is 13.6 Å². The quantitative estimate of drug-likeness (QED) is 0.435. The molecule has 0 aliphatic heterocycles. The SMILES string of the molecule is C=C(SC(=NC)c1ccc(CC(C)C)c(C#N)c1)c1cccc2c1CCC2NCC. The first-order valence-electron chi connectivity index (χ1n) is 10.7. The molecule has 0 amide bonds. The first kappa shape index (κ1) is 22.3. The summed E-state index contributed by atoms with van der Waals surface area (Å²) in [6.07, 6.45) is 3.12. The van der Waals surface area contributed by atoms with Crippen molar-refractivity contribution in [3.63, 3.8) is 0 Å². The van der Waals surface area contributed by atoms with Crippen LogP contribution in [0.25, 0.3) is 4.91 Å². The first-order chi connectivity index (χ1) is 14.5. The molecule has 1 aliphatic rings. The fourth-order valence-electron chi connectivity index (χ4n) is 4.21. The Hall–Kier alpha value is -2.35. The predicted octanol–water partition coefficient (Wildman–Crippen LogP) is 6.13. The third-order valence-electron chi connectivity index (χ3n) is 5.55. The van der Waals surface area contributed by atoms with Crippen LogP contribution in [0.3, 0.4) is 0 Å². The summed E-state index contributed by atoms with van der Waals surface area (Å²) in [6, 6.07) is 15.5. The van der Waals surface area contributed by atoms with Crippen LogP contribution in [0.15, 0.2) is 48.0 Å². The average Bonchev–Trinajstić information content (AvgIpc) is 3.15. The molecule has 0 saturated heterocycles. The van der Waals surface area contributed by atoms with E-state index < -0.39 is 0 Å². The Morgan fingerprint density at radius 2 is 2.13 bits per heavy atom. The van der Waals surface area contributed by atoms with Gasteiger partial charge in [0.15, 0.2) is 0 Å². The molecule has 0 radical (unpaired) electrons. The van der Waals surface area contributed by atoms with Crippen LogP contribution in [-0.4, -0.2) is 18.6 Å². The lowest BCUT2D eigenvalue weighted by Crippen LogP contribution is -2.18. The molecule has 0 saturated carbocycles. The summed E-state index contributed by atoms with van der Waals surface area (Å²) in [5.74, 6) is 0.516. The Kier molecular flexibility index (Phi) is 7.53. The third-order valence-corrected chi connectivity index (χ3v) is 6.63. The molecule has 156 valence electrons. The minimum absolute atomic E-state index is 0.439. The van der Waals surface area contributed by atoms with Crippen molar-refractivity contribution < 1.29 is 0 Å². The van der Waals surface area contributed by atoms with E-state index in [2.05, 4.69) is 74.1 Å². The molecule has 4 heteroatoms. The van der Waals surface area contributed by atoms with Gasteiger partial charge in [-0.1, -0.05) is 69.4 Å². The lowest BCUT2D eigenvalue weighted by atomic mass is 9.97. The monoisotopic (exact) mass is 417 g/mol. The number of rotatable bonds is 7. The molecule has 0 aromatic heterocycles. The number of nitrogens with zero attached hydrogens (tertiary/aromatic N) is 2. The van der Waals surface area contributed by atoms with Gasteiger partial charge in [0, 0.05) is 23.6 Å². The van der Waals surface area contributed by atoms with Gasteiger partial charge in [-0.3, -0.25) is 4.99 Å². The highest BCUT2D eigenvalue weighted by Gasteiger charge is 2.25. The van der Waals surface area contributed by atoms with Gasteiger partial charge >= 0.3 is 0 Å². The highest BCUT2D eigenvalue weighted by molar-refractivity contribution is 8.22. The molecular weight excluding hydrogens is 386 g/mol. The molecule has 1 aliphatic carbocycles. The average molecular weight is 418 g/mol. The summed E-state index contributed by atoms with van der Waals surface area (Å²) in [6.45, 7) is 11.9. The molecule has 3 rings (SSSR count). The molecule has 1 atom stereocenters. The zero-order valence-electron chi connectivity index (χ0n) is 18.5. The smallest absolute Gasteiger partial charge is 0.102 e. The van der Waals surface area contributed by atoms with Crippen LogP contribution >= 0.6 is 11.8 Å². The van der Waals surface area contributed by atoms with E-state index in [1.165, 1.54) is 16.7 Å². The Morgan fingerprint density at radius 3 is 2.80 bits per heavy atom. The maximum atomic E-state index is 9.62. The van der Waals surface area contributed by atoms with Crippen LogP contribution in [0.2, 0.25) is 0 Å². The number of benzene rings is 2. The fourth-order valence-corrected chi connectivity index (χ4v) is 5.08. The standard InChI is InChI=1S/C26H31N3S/c1-6-29-25-13-12-23-22(8-7-9-24(23)25)18(4)30-26(28-5)20-11-10-19(14-17(2)3)21(15-20)16-27/h7-11,15,17,25,29H,4,6,12-14H2,1-3,5H3. The fraction of sp³-hybridized carbons (Fsp3) is 0.385. The Labute approximate surface area is 185 Å². The summed E-state index contributed by atoms with van der Waals surface area (Å²) >= 11 is 1.60. The number of aliphatic imine (C=N–C) groups is 1. The second kappa shape index (κ2) is 10.1. The van der Waals surface area contributed by atoms with Gasteiger partial charge in [-0.05, 0) is 60.0 Å². The zero-order chi connectivity index (χ0) is 21.7. The van der Waals surface area contributed by atoms with Crippen LogP contribution in [0.4, 0.5) is 0 Å². The summed E-state index contributed by atoms with van der Waals surface area (Å²) in [4.78, 5) is 5.53. The van der Waals surface area contributed by atoms with Gasteiger partial charge in [0.05, 0.1) is 11.6 Å². The van der Waals surface area contributed by atoms with Gasteiger partial charge in [0.25, 0.3) is 0 Å². The number of fused-ring (bicyclic) bond motifs is 1. The summed E-state index contributed by atoms with van der Waals surface area (Å²) in [5, 5.41) is 14.1. The van der Waals surface area contributed by atoms with Crippen molar-refractivity contribution in [1.82, 2.24) is 5.32 Å². The molecule has 3 nitrogen and oxygen atoms in total. The minimum Gasteiger partial charge on any atom is -0.310 e. The number of hydrogen-bond donors (Lipinski definition) is 1. The first-order valence-corrected chi connectivity index (χ1v) is 11.5. The van der Waals surface area contributed by atoms with Gasteiger partial charge in [-0.15, -0.1) is 0 Å².